The van der Waals surface area contributed by atoms with Crippen molar-refractivity contribution in [2.24, 2.45) is 5.92 Å². The first kappa shape index (κ1) is 13.4. The van der Waals surface area contributed by atoms with Gasteiger partial charge in [-0.15, -0.1) is 0 Å². The molecule has 0 atom stereocenters. The van der Waals surface area contributed by atoms with Crippen molar-refractivity contribution in [3.05, 3.63) is 29.0 Å². The molecular weight excluding hydrogens is 222 g/mol. The Labute approximate surface area is 103 Å². The summed E-state index contributed by atoms with van der Waals surface area (Å²) in [6, 6.07) is 3.81. The van der Waals surface area contributed by atoms with E-state index in [-0.39, 0.29) is 0 Å². The predicted molar refractivity (Wildman–Crippen MR) is 68.7 cm³/mol. The molecule has 0 saturated carbocycles. The van der Waals surface area contributed by atoms with Crippen LogP contribution in [-0.2, 0) is 6.54 Å². The van der Waals surface area contributed by atoms with Gasteiger partial charge in [-0.2, -0.15) is 0 Å². The number of pyridine rings is 1. The molecule has 3 nitrogen and oxygen atoms in total. The maximum absolute atomic E-state index is 5.75. The van der Waals surface area contributed by atoms with E-state index in [1.165, 1.54) is 0 Å². The molecule has 0 aromatic carbocycles. The molecule has 0 unspecified atom stereocenters. The first-order valence-corrected chi connectivity index (χ1v) is 6.08. The number of hydrogen-bond acceptors (Lipinski definition) is 3. The smallest absolute Gasteiger partial charge is 0.0589 e. The predicted octanol–water partition coefficient (Wildman–Crippen LogP) is 2.07. The number of halogens is 1. The first-order chi connectivity index (χ1) is 7.68. The molecule has 4 heteroatoms. The summed E-state index contributed by atoms with van der Waals surface area (Å²) in [6.45, 7) is 8.22. The molecule has 16 heavy (non-hydrogen) atoms. The third kappa shape index (κ3) is 6.05. The molecule has 1 heterocycles. The lowest BCUT2D eigenvalue weighted by atomic mass is 10.2. The average molecular weight is 242 g/mol. The zero-order valence-corrected chi connectivity index (χ0v) is 10.7. The minimum Gasteiger partial charge on any atom is -0.315 e. The summed E-state index contributed by atoms with van der Waals surface area (Å²) in [5.41, 5.74) is 1.02. The van der Waals surface area contributed by atoms with Crippen LogP contribution in [0.2, 0.25) is 5.02 Å². The van der Waals surface area contributed by atoms with Crippen LogP contribution in [0.5, 0.6) is 0 Å². The number of hydrogen-bond donors (Lipinski definition) is 2. The van der Waals surface area contributed by atoms with Crippen molar-refractivity contribution in [1.82, 2.24) is 15.6 Å². The summed E-state index contributed by atoms with van der Waals surface area (Å²) in [5, 5.41) is 7.39. The first-order valence-electron chi connectivity index (χ1n) is 5.70. The lowest BCUT2D eigenvalue weighted by Gasteiger charge is -2.08. The molecule has 1 aromatic rings. The lowest BCUT2D eigenvalue weighted by molar-refractivity contribution is 0.534. The topological polar surface area (TPSA) is 37.0 Å². The van der Waals surface area contributed by atoms with E-state index in [4.69, 9.17) is 11.6 Å². The van der Waals surface area contributed by atoms with Crippen molar-refractivity contribution in [2.75, 3.05) is 19.6 Å². The molecule has 1 rings (SSSR count). The zero-order chi connectivity index (χ0) is 11.8. The lowest BCUT2D eigenvalue weighted by Crippen LogP contribution is -2.29. The standard InChI is InChI=1S/C12H20ClN3/c1-10(2)7-14-5-6-15-9-12-4-3-11(13)8-16-12/h3-4,8,10,14-15H,5-7,9H2,1-2H3. The monoisotopic (exact) mass is 241 g/mol. The summed E-state index contributed by atoms with van der Waals surface area (Å²) in [4.78, 5) is 4.21. The van der Waals surface area contributed by atoms with E-state index in [9.17, 15) is 0 Å². The van der Waals surface area contributed by atoms with Crippen molar-refractivity contribution in [1.29, 1.82) is 0 Å². The molecular formula is C12H20ClN3. The van der Waals surface area contributed by atoms with Gasteiger partial charge in [-0.3, -0.25) is 4.98 Å². The highest BCUT2D eigenvalue weighted by molar-refractivity contribution is 6.30. The number of aromatic nitrogens is 1. The van der Waals surface area contributed by atoms with E-state index in [0.29, 0.717) is 10.9 Å². The number of rotatable bonds is 7. The Hall–Kier alpha value is -0.640. The second-order valence-electron chi connectivity index (χ2n) is 4.24. The maximum atomic E-state index is 5.75. The number of nitrogens with zero attached hydrogens (tertiary/aromatic N) is 1. The Kier molecular flexibility index (Phi) is 6.38. The quantitative estimate of drug-likeness (QED) is 0.718. The van der Waals surface area contributed by atoms with Crippen LogP contribution in [0, 0.1) is 5.92 Å². The Morgan fingerprint density at radius 2 is 2.00 bits per heavy atom. The largest absolute Gasteiger partial charge is 0.315 e. The molecule has 1 aromatic heterocycles. The number of nitrogens with one attached hydrogen (secondary N) is 2. The molecule has 90 valence electrons. The van der Waals surface area contributed by atoms with Crippen molar-refractivity contribution >= 4 is 11.6 Å². The van der Waals surface area contributed by atoms with Crippen LogP contribution in [0.3, 0.4) is 0 Å². The van der Waals surface area contributed by atoms with E-state index >= 15 is 0 Å². The van der Waals surface area contributed by atoms with Gasteiger partial charge in [0, 0.05) is 25.8 Å². The normalized spacial score (nSPS) is 11.0. The second kappa shape index (κ2) is 7.60. The van der Waals surface area contributed by atoms with Crippen molar-refractivity contribution in [3.63, 3.8) is 0 Å². The molecule has 0 fully saturated rings. The van der Waals surface area contributed by atoms with Gasteiger partial charge in [0.25, 0.3) is 0 Å². The van der Waals surface area contributed by atoms with Crippen molar-refractivity contribution < 1.29 is 0 Å². The molecule has 0 bridgehead atoms. The molecule has 0 radical (unpaired) electrons. The van der Waals surface area contributed by atoms with Gasteiger partial charge >= 0.3 is 0 Å². The Bertz CT molecular complexity index is 285. The molecule has 0 aliphatic heterocycles. The summed E-state index contributed by atoms with van der Waals surface area (Å²) >= 11 is 5.75. The van der Waals surface area contributed by atoms with Crippen LogP contribution in [0.15, 0.2) is 18.3 Å². The van der Waals surface area contributed by atoms with E-state index < -0.39 is 0 Å². The summed E-state index contributed by atoms with van der Waals surface area (Å²) in [6.07, 6.45) is 1.68. The minimum atomic E-state index is 0.683. The molecule has 0 spiro atoms. The van der Waals surface area contributed by atoms with Crippen molar-refractivity contribution in [2.45, 2.75) is 20.4 Å². The van der Waals surface area contributed by atoms with Gasteiger partial charge < -0.3 is 10.6 Å². The van der Waals surface area contributed by atoms with Gasteiger partial charge in [-0.25, -0.2) is 0 Å². The zero-order valence-electron chi connectivity index (χ0n) is 9.96. The highest BCUT2D eigenvalue weighted by Gasteiger charge is 1.95. The van der Waals surface area contributed by atoms with Crippen LogP contribution in [0.4, 0.5) is 0 Å². The van der Waals surface area contributed by atoms with Gasteiger partial charge in [0.15, 0.2) is 0 Å². The Balaban J connectivity index is 2.05. The Morgan fingerprint density at radius 1 is 1.25 bits per heavy atom. The highest BCUT2D eigenvalue weighted by Crippen LogP contribution is 2.05. The van der Waals surface area contributed by atoms with Crippen molar-refractivity contribution in [3.8, 4) is 0 Å². The van der Waals surface area contributed by atoms with Crippen LogP contribution in [0.1, 0.15) is 19.5 Å². The third-order valence-electron chi connectivity index (χ3n) is 2.13. The van der Waals surface area contributed by atoms with Gasteiger partial charge in [-0.05, 0) is 24.6 Å². The van der Waals surface area contributed by atoms with Gasteiger partial charge in [-0.1, -0.05) is 25.4 Å². The Morgan fingerprint density at radius 3 is 2.62 bits per heavy atom. The SMILES string of the molecule is CC(C)CNCCNCc1ccc(Cl)cn1. The molecule has 0 aliphatic rings. The van der Waals surface area contributed by atoms with Crippen LogP contribution in [0.25, 0.3) is 0 Å². The van der Waals surface area contributed by atoms with Crippen LogP contribution < -0.4 is 10.6 Å². The summed E-state index contributed by atoms with van der Waals surface area (Å²) in [7, 11) is 0. The fraction of sp³-hybridized carbons (Fsp3) is 0.583. The van der Waals surface area contributed by atoms with Gasteiger partial charge in [0.1, 0.15) is 0 Å². The highest BCUT2D eigenvalue weighted by atomic mass is 35.5. The van der Waals surface area contributed by atoms with Crippen LogP contribution >= 0.6 is 11.6 Å². The maximum Gasteiger partial charge on any atom is 0.0589 e. The van der Waals surface area contributed by atoms with E-state index in [0.717, 1.165) is 31.9 Å². The van der Waals surface area contributed by atoms with Crippen LogP contribution in [-0.4, -0.2) is 24.6 Å². The minimum absolute atomic E-state index is 0.683. The van der Waals surface area contributed by atoms with E-state index in [2.05, 4.69) is 29.5 Å². The van der Waals surface area contributed by atoms with Gasteiger partial charge in [0.05, 0.1) is 10.7 Å². The fourth-order valence-corrected chi connectivity index (χ4v) is 1.41. The van der Waals surface area contributed by atoms with E-state index in [1.54, 1.807) is 6.20 Å². The van der Waals surface area contributed by atoms with E-state index in [1.807, 2.05) is 12.1 Å². The molecule has 0 aliphatic carbocycles. The molecule has 0 amide bonds. The van der Waals surface area contributed by atoms with Gasteiger partial charge in [0.2, 0.25) is 0 Å². The molecule has 2 N–H and O–H groups in total. The summed E-state index contributed by atoms with van der Waals surface area (Å²) < 4.78 is 0. The fourth-order valence-electron chi connectivity index (χ4n) is 1.29. The average Bonchev–Trinajstić information content (AvgIpc) is 2.25. The third-order valence-corrected chi connectivity index (χ3v) is 2.35. The summed E-state index contributed by atoms with van der Waals surface area (Å²) in [5.74, 6) is 0.706. The molecule has 0 saturated heterocycles. The second-order valence-corrected chi connectivity index (χ2v) is 4.68.